The molecule has 0 spiro atoms. The van der Waals surface area contributed by atoms with Gasteiger partial charge in [0.05, 0.1) is 11.3 Å². The Bertz CT molecular complexity index is 614. The highest BCUT2D eigenvalue weighted by molar-refractivity contribution is 9.10. The molecule has 0 bridgehead atoms. The number of halogens is 1. The van der Waals surface area contributed by atoms with Crippen LogP contribution in [0.2, 0.25) is 0 Å². The minimum absolute atomic E-state index is 0.0731. The molecular formula is C17H20BrN3O. The molecule has 0 saturated carbocycles. The quantitative estimate of drug-likeness (QED) is 0.713. The number of anilines is 2. The fourth-order valence-electron chi connectivity index (χ4n) is 1.98. The van der Waals surface area contributed by atoms with Gasteiger partial charge in [-0.2, -0.15) is 0 Å². The van der Waals surface area contributed by atoms with Crippen molar-refractivity contribution in [3.8, 4) is 0 Å². The Balaban J connectivity index is 1.92. The lowest BCUT2D eigenvalue weighted by molar-refractivity contribution is 0.0952. The summed E-state index contributed by atoms with van der Waals surface area (Å²) in [7, 11) is 0. The van der Waals surface area contributed by atoms with Crippen LogP contribution in [0.1, 0.15) is 36.5 Å². The highest BCUT2D eigenvalue weighted by atomic mass is 79.9. The smallest absolute Gasteiger partial charge is 0.252 e. The highest BCUT2D eigenvalue weighted by Crippen LogP contribution is 2.24. The number of rotatable bonds is 7. The molecule has 0 fully saturated rings. The van der Waals surface area contributed by atoms with Gasteiger partial charge in [0.1, 0.15) is 5.82 Å². The monoisotopic (exact) mass is 361 g/mol. The second kappa shape index (κ2) is 8.54. The number of para-hydroxylation sites is 1. The lowest BCUT2D eigenvalue weighted by atomic mass is 10.2. The maximum absolute atomic E-state index is 12.0. The second-order valence-corrected chi connectivity index (χ2v) is 5.85. The molecule has 2 aromatic rings. The SMILES string of the molecule is CCCCCNC(=O)c1ccc(Nc2ccccc2Br)nc1. The van der Waals surface area contributed by atoms with E-state index in [1.807, 2.05) is 24.3 Å². The maximum atomic E-state index is 12.0. The highest BCUT2D eigenvalue weighted by Gasteiger charge is 2.06. The van der Waals surface area contributed by atoms with Gasteiger partial charge in [0.25, 0.3) is 5.91 Å². The summed E-state index contributed by atoms with van der Waals surface area (Å²) in [5.41, 5.74) is 1.51. The van der Waals surface area contributed by atoms with E-state index in [0.717, 1.165) is 29.4 Å². The van der Waals surface area contributed by atoms with Crippen LogP contribution in [0.4, 0.5) is 11.5 Å². The van der Waals surface area contributed by atoms with Crippen molar-refractivity contribution in [2.24, 2.45) is 0 Å². The number of nitrogens with zero attached hydrogens (tertiary/aromatic N) is 1. The van der Waals surface area contributed by atoms with E-state index in [-0.39, 0.29) is 5.91 Å². The van der Waals surface area contributed by atoms with Gasteiger partial charge in [0.15, 0.2) is 0 Å². The molecule has 1 amide bonds. The van der Waals surface area contributed by atoms with Crippen molar-refractivity contribution in [2.75, 3.05) is 11.9 Å². The van der Waals surface area contributed by atoms with Crippen LogP contribution in [-0.4, -0.2) is 17.4 Å². The molecule has 0 atom stereocenters. The summed E-state index contributed by atoms with van der Waals surface area (Å²) in [5.74, 6) is 0.630. The number of benzene rings is 1. The molecule has 2 N–H and O–H groups in total. The van der Waals surface area contributed by atoms with Crippen molar-refractivity contribution < 1.29 is 4.79 Å². The standard InChI is InChI=1S/C17H20BrN3O/c1-2-3-6-11-19-17(22)13-9-10-16(20-12-13)21-15-8-5-4-7-14(15)18/h4-5,7-10,12H,2-3,6,11H2,1H3,(H,19,22)(H,20,21). The zero-order valence-electron chi connectivity index (χ0n) is 12.6. The molecule has 1 aromatic heterocycles. The fourth-order valence-corrected chi connectivity index (χ4v) is 2.37. The number of unbranched alkanes of at least 4 members (excludes halogenated alkanes) is 2. The molecule has 1 aromatic carbocycles. The summed E-state index contributed by atoms with van der Waals surface area (Å²) in [4.78, 5) is 16.2. The van der Waals surface area contributed by atoms with Gasteiger partial charge in [-0.1, -0.05) is 31.9 Å². The van der Waals surface area contributed by atoms with Gasteiger partial charge in [0, 0.05) is 17.2 Å². The van der Waals surface area contributed by atoms with E-state index >= 15 is 0 Å². The first-order valence-electron chi connectivity index (χ1n) is 7.46. The van der Waals surface area contributed by atoms with E-state index < -0.39 is 0 Å². The molecule has 116 valence electrons. The lowest BCUT2D eigenvalue weighted by Gasteiger charge is -2.08. The van der Waals surface area contributed by atoms with Gasteiger partial charge in [0.2, 0.25) is 0 Å². The van der Waals surface area contributed by atoms with Gasteiger partial charge >= 0.3 is 0 Å². The Hall–Kier alpha value is -1.88. The summed E-state index contributed by atoms with van der Waals surface area (Å²) >= 11 is 3.48. The second-order valence-electron chi connectivity index (χ2n) is 5.00. The Morgan fingerprint density at radius 1 is 1.18 bits per heavy atom. The number of nitrogens with one attached hydrogen (secondary N) is 2. The van der Waals surface area contributed by atoms with Gasteiger partial charge in [-0.05, 0) is 46.6 Å². The number of carbonyl (C=O) groups excluding carboxylic acids is 1. The van der Waals surface area contributed by atoms with Crippen molar-refractivity contribution in [1.29, 1.82) is 0 Å². The molecule has 1 heterocycles. The summed E-state index contributed by atoms with van der Waals surface area (Å²) in [6.45, 7) is 2.85. The zero-order valence-corrected chi connectivity index (χ0v) is 14.2. The van der Waals surface area contributed by atoms with Crippen molar-refractivity contribution >= 4 is 33.3 Å². The molecule has 22 heavy (non-hydrogen) atoms. The normalized spacial score (nSPS) is 10.3. The van der Waals surface area contributed by atoms with Gasteiger partial charge in [-0.15, -0.1) is 0 Å². The molecule has 0 aliphatic rings. The number of pyridine rings is 1. The summed E-state index contributed by atoms with van der Waals surface area (Å²) in [5, 5.41) is 6.11. The predicted octanol–water partition coefficient (Wildman–Crippen LogP) is 4.51. The Morgan fingerprint density at radius 2 is 2.00 bits per heavy atom. The molecule has 0 aliphatic carbocycles. The number of aromatic nitrogens is 1. The summed E-state index contributed by atoms with van der Waals surface area (Å²) < 4.78 is 0.967. The molecular weight excluding hydrogens is 342 g/mol. The average Bonchev–Trinajstić information content (AvgIpc) is 2.54. The van der Waals surface area contributed by atoms with E-state index in [9.17, 15) is 4.79 Å². The molecule has 0 saturated heterocycles. The van der Waals surface area contributed by atoms with Gasteiger partial charge in [-0.3, -0.25) is 4.79 Å². The average molecular weight is 362 g/mol. The van der Waals surface area contributed by atoms with E-state index in [2.05, 4.69) is 38.5 Å². The third kappa shape index (κ3) is 4.84. The van der Waals surface area contributed by atoms with Crippen LogP contribution in [0.15, 0.2) is 47.1 Å². The number of carbonyl (C=O) groups is 1. The first-order valence-corrected chi connectivity index (χ1v) is 8.26. The number of hydrogen-bond donors (Lipinski definition) is 2. The van der Waals surface area contributed by atoms with Crippen LogP contribution >= 0.6 is 15.9 Å². The molecule has 2 rings (SSSR count). The number of hydrogen-bond acceptors (Lipinski definition) is 3. The van der Waals surface area contributed by atoms with Crippen LogP contribution in [-0.2, 0) is 0 Å². The van der Waals surface area contributed by atoms with E-state index in [1.165, 1.54) is 0 Å². The Morgan fingerprint density at radius 3 is 2.68 bits per heavy atom. The predicted molar refractivity (Wildman–Crippen MR) is 93.5 cm³/mol. The Kier molecular flexibility index (Phi) is 6.40. The molecule has 0 aliphatic heterocycles. The minimum Gasteiger partial charge on any atom is -0.352 e. The molecule has 0 unspecified atom stereocenters. The van der Waals surface area contributed by atoms with Gasteiger partial charge in [-0.25, -0.2) is 4.98 Å². The van der Waals surface area contributed by atoms with Crippen LogP contribution in [0.25, 0.3) is 0 Å². The van der Waals surface area contributed by atoms with Crippen LogP contribution in [0, 0.1) is 0 Å². The van der Waals surface area contributed by atoms with E-state index in [1.54, 1.807) is 18.3 Å². The largest absolute Gasteiger partial charge is 0.352 e. The third-order valence-electron chi connectivity index (χ3n) is 3.23. The van der Waals surface area contributed by atoms with Crippen molar-refractivity contribution in [1.82, 2.24) is 10.3 Å². The van der Waals surface area contributed by atoms with Crippen molar-refractivity contribution in [2.45, 2.75) is 26.2 Å². The van der Waals surface area contributed by atoms with Crippen LogP contribution in [0.3, 0.4) is 0 Å². The van der Waals surface area contributed by atoms with E-state index in [4.69, 9.17) is 0 Å². The van der Waals surface area contributed by atoms with E-state index in [0.29, 0.717) is 17.9 Å². The minimum atomic E-state index is -0.0731. The lowest BCUT2D eigenvalue weighted by Crippen LogP contribution is -2.24. The van der Waals surface area contributed by atoms with Crippen LogP contribution < -0.4 is 10.6 Å². The third-order valence-corrected chi connectivity index (χ3v) is 3.92. The van der Waals surface area contributed by atoms with Crippen molar-refractivity contribution in [3.05, 3.63) is 52.6 Å². The number of amides is 1. The fraction of sp³-hybridized carbons (Fsp3) is 0.294. The summed E-state index contributed by atoms with van der Waals surface area (Å²) in [6.07, 6.45) is 4.88. The van der Waals surface area contributed by atoms with Gasteiger partial charge < -0.3 is 10.6 Å². The maximum Gasteiger partial charge on any atom is 0.252 e. The van der Waals surface area contributed by atoms with Crippen LogP contribution in [0.5, 0.6) is 0 Å². The first-order chi connectivity index (χ1) is 10.7. The summed E-state index contributed by atoms with van der Waals surface area (Å²) in [6, 6.07) is 11.4. The topological polar surface area (TPSA) is 54.0 Å². The molecule has 5 heteroatoms. The first kappa shape index (κ1) is 16.5. The molecule has 4 nitrogen and oxygen atoms in total. The zero-order chi connectivity index (χ0) is 15.8. The Labute approximate surface area is 139 Å². The molecule has 0 radical (unpaired) electrons. The van der Waals surface area contributed by atoms with Crippen molar-refractivity contribution in [3.63, 3.8) is 0 Å².